The largest absolute Gasteiger partial charge is 0.378 e. The van der Waals surface area contributed by atoms with Crippen molar-refractivity contribution >= 4 is 5.78 Å². The van der Waals surface area contributed by atoms with Gasteiger partial charge in [-0.2, -0.15) is 0 Å². The second-order valence-corrected chi connectivity index (χ2v) is 5.86. The van der Waals surface area contributed by atoms with Gasteiger partial charge in [-0.3, -0.25) is 4.79 Å². The molecule has 0 radical (unpaired) electrons. The number of halogens is 2. The van der Waals surface area contributed by atoms with Crippen LogP contribution in [0.15, 0.2) is 0 Å². The van der Waals surface area contributed by atoms with Crippen molar-refractivity contribution in [2.45, 2.75) is 40.0 Å². The van der Waals surface area contributed by atoms with Crippen LogP contribution >= 0.6 is 0 Å². The number of ether oxygens (including phenoxy) is 1. The van der Waals surface area contributed by atoms with Crippen LogP contribution in [0.5, 0.6) is 0 Å². The summed E-state index contributed by atoms with van der Waals surface area (Å²) in [6.07, 6.45) is 0.587. The van der Waals surface area contributed by atoms with E-state index >= 15 is 0 Å². The lowest BCUT2D eigenvalue weighted by Crippen LogP contribution is -2.42. The summed E-state index contributed by atoms with van der Waals surface area (Å²) in [4.78, 5) is 11.8. The van der Waals surface area contributed by atoms with E-state index in [0.29, 0.717) is 6.42 Å². The van der Waals surface area contributed by atoms with Gasteiger partial charge in [0.15, 0.2) is 0 Å². The average Bonchev–Trinajstić information content (AvgIpc) is 2.95. The summed E-state index contributed by atoms with van der Waals surface area (Å²) in [7, 11) is 1.27. The first-order valence-electron chi connectivity index (χ1n) is 6.05. The maximum Gasteiger partial charge on any atom is 0.276 e. The van der Waals surface area contributed by atoms with Crippen LogP contribution < -0.4 is 0 Å². The monoisotopic (exact) mass is 248 g/mol. The maximum atomic E-state index is 13.9. The van der Waals surface area contributed by atoms with Crippen LogP contribution in [0.2, 0.25) is 0 Å². The molecule has 1 aliphatic carbocycles. The minimum absolute atomic E-state index is 0.0724. The lowest BCUT2D eigenvalue weighted by molar-refractivity contribution is -0.156. The van der Waals surface area contributed by atoms with Gasteiger partial charge in [-0.25, -0.2) is 8.78 Å². The molecule has 0 spiro atoms. The maximum absolute atomic E-state index is 13.9. The van der Waals surface area contributed by atoms with Crippen LogP contribution in [-0.4, -0.2) is 25.4 Å². The summed E-state index contributed by atoms with van der Waals surface area (Å²) < 4.78 is 32.4. The Bertz CT molecular complexity index is 298. The third-order valence-corrected chi connectivity index (χ3v) is 3.92. The Kier molecular flexibility index (Phi) is 3.97. The molecule has 1 fully saturated rings. The average molecular weight is 248 g/mol. The molecule has 2 unspecified atom stereocenters. The molecule has 1 saturated carbocycles. The summed E-state index contributed by atoms with van der Waals surface area (Å²) in [5.74, 6) is -3.26. The fourth-order valence-corrected chi connectivity index (χ4v) is 2.37. The van der Waals surface area contributed by atoms with E-state index in [2.05, 4.69) is 4.74 Å². The van der Waals surface area contributed by atoms with Crippen molar-refractivity contribution in [3.63, 3.8) is 0 Å². The molecule has 1 rings (SSSR count). The summed E-state index contributed by atoms with van der Waals surface area (Å²) in [6, 6.07) is 0. The molecule has 0 bridgehead atoms. The van der Waals surface area contributed by atoms with Crippen LogP contribution in [0, 0.1) is 23.2 Å². The highest BCUT2D eigenvalue weighted by atomic mass is 19.3. The van der Waals surface area contributed by atoms with Gasteiger partial charge in [0.05, 0.1) is 0 Å². The van der Waals surface area contributed by atoms with Crippen molar-refractivity contribution in [3.05, 3.63) is 0 Å². The predicted molar refractivity (Wildman–Crippen MR) is 62.0 cm³/mol. The minimum atomic E-state index is -2.89. The van der Waals surface area contributed by atoms with Gasteiger partial charge in [-0.1, -0.05) is 27.7 Å². The van der Waals surface area contributed by atoms with Crippen molar-refractivity contribution in [3.8, 4) is 0 Å². The zero-order chi connectivity index (χ0) is 13.4. The van der Waals surface area contributed by atoms with Crippen molar-refractivity contribution < 1.29 is 18.3 Å². The fourth-order valence-electron chi connectivity index (χ4n) is 2.37. The van der Waals surface area contributed by atoms with Gasteiger partial charge >= 0.3 is 0 Å². The number of rotatable bonds is 6. The van der Waals surface area contributed by atoms with E-state index in [9.17, 15) is 13.6 Å². The molecule has 0 heterocycles. The minimum Gasteiger partial charge on any atom is -0.378 e. The second-order valence-electron chi connectivity index (χ2n) is 5.86. The number of ketones is 1. The first-order chi connectivity index (χ1) is 7.65. The number of hydrogen-bond acceptors (Lipinski definition) is 2. The van der Waals surface area contributed by atoms with Crippen molar-refractivity contribution in [2.24, 2.45) is 23.2 Å². The topological polar surface area (TPSA) is 26.3 Å². The first-order valence-corrected chi connectivity index (χ1v) is 6.05. The van der Waals surface area contributed by atoms with Crippen LogP contribution in [0.1, 0.15) is 34.1 Å². The van der Waals surface area contributed by atoms with Gasteiger partial charge < -0.3 is 4.74 Å². The van der Waals surface area contributed by atoms with Crippen LogP contribution in [0.25, 0.3) is 0 Å². The normalized spacial score (nSPS) is 25.2. The van der Waals surface area contributed by atoms with E-state index in [1.165, 1.54) is 21.0 Å². The Hall–Kier alpha value is -0.510. The van der Waals surface area contributed by atoms with E-state index in [-0.39, 0.29) is 23.5 Å². The first kappa shape index (κ1) is 14.6. The number of carbonyl (C=O) groups is 1. The number of hydrogen-bond donors (Lipinski definition) is 0. The SMILES string of the molecule is COCC(F)(F)C(C)(C)C1CC1C(=O)C(C)C. The van der Waals surface area contributed by atoms with Gasteiger partial charge in [-0.05, 0) is 12.3 Å². The van der Waals surface area contributed by atoms with E-state index < -0.39 is 17.9 Å². The Morgan fingerprint density at radius 1 is 1.41 bits per heavy atom. The summed E-state index contributed by atoms with van der Waals surface area (Å²) in [6.45, 7) is 6.11. The lowest BCUT2D eigenvalue weighted by atomic mass is 9.79. The summed E-state index contributed by atoms with van der Waals surface area (Å²) >= 11 is 0. The summed E-state index contributed by atoms with van der Waals surface area (Å²) in [5.41, 5.74) is -1.18. The molecule has 0 N–H and O–H groups in total. The molecule has 1 aliphatic rings. The second kappa shape index (κ2) is 4.63. The van der Waals surface area contributed by atoms with Gasteiger partial charge in [0.2, 0.25) is 0 Å². The summed E-state index contributed by atoms with van der Waals surface area (Å²) in [5, 5.41) is 0. The van der Waals surface area contributed by atoms with E-state index in [0.717, 1.165) is 0 Å². The smallest absolute Gasteiger partial charge is 0.276 e. The predicted octanol–water partition coefficient (Wildman–Crippen LogP) is 3.16. The molecule has 2 atom stereocenters. The van der Waals surface area contributed by atoms with Gasteiger partial charge in [0.1, 0.15) is 12.4 Å². The van der Waals surface area contributed by atoms with Crippen molar-refractivity contribution in [1.29, 1.82) is 0 Å². The molecule has 4 heteroatoms. The zero-order valence-corrected chi connectivity index (χ0v) is 11.2. The number of carbonyl (C=O) groups excluding carboxylic acids is 1. The zero-order valence-electron chi connectivity index (χ0n) is 11.2. The molecular formula is C13H22F2O2. The van der Waals surface area contributed by atoms with Crippen molar-refractivity contribution in [1.82, 2.24) is 0 Å². The Balaban J connectivity index is 2.72. The van der Waals surface area contributed by atoms with Gasteiger partial charge in [-0.15, -0.1) is 0 Å². The van der Waals surface area contributed by atoms with Crippen molar-refractivity contribution in [2.75, 3.05) is 13.7 Å². The Morgan fingerprint density at radius 2 is 1.94 bits per heavy atom. The molecule has 17 heavy (non-hydrogen) atoms. The molecule has 0 aromatic heterocycles. The highest BCUT2D eigenvalue weighted by Crippen LogP contribution is 2.58. The third kappa shape index (κ3) is 2.67. The number of methoxy groups -OCH3 is 1. The molecule has 0 aliphatic heterocycles. The molecule has 0 aromatic rings. The molecule has 2 nitrogen and oxygen atoms in total. The van der Waals surface area contributed by atoms with E-state index in [1.54, 1.807) is 0 Å². The Labute approximate surface area is 102 Å². The van der Waals surface area contributed by atoms with Gasteiger partial charge in [0.25, 0.3) is 5.92 Å². The van der Waals surface area contributed by atoms with Crippen LogP contribution in [-0.2, 0) is 9.53 Å². The van der Waals surface area contributed by atoms with E-state index in [1.807, 2.05) is 13.8 Å². The highest BCUT2D eigenvalue weighted by molar-refractivity contribution is 5.85. The molecule has 0 amide bonds. The molecule has 0 saturated heterocycles. The van der Waals surface area contributed by atoms with Crippen LogP contribution in [0.3, 0.4) is 0 Å². The standard InChI is InChI=1S/C13H22F2O2/c1-8(2)11(16)9-6-10(9)12(3,4)13(14,15)7-17-5/h8-10H,6-7H2,1-5H3. The quantitative estimate of drug-likeness (QED) is 0.721. The number of alkyl halides is 2. The fraction of sp³-hybridized carbons (Fsp3) is 0.923. The lowest BCUT2D eigenvalue weighted by Gasteiger charge is -2.34. The number of Topliss-reactive ketones (excluding diaryl/α,β-unsaturated/α-hetero) is 1. The van der Waals surface area contributed by atoms with E-state index in [4.69, 9.17) is 0 Å². The Morgan fingerprint density at radius 3 is 2.35 bits per heavy atom. The van der Waals surface area contributed by atoms with Crippen LogP contribution in [0.4, 0.5) is 8.78 Å². The highest BCUT2D eigenvalue weighted by Gasteiger charge is 2.61. The molecule has 0 aromatic carbocycles. The third-order valence-electron chi connectivity index (χ3n) is 3.92. The molecule has 100 valence electrons. The molecular weight excluding hydrogens is 226 g/mol. The van der Waals surface area contributed by atoms with Gasteiger partial charge in [0, 0.05) is 24.4 Å².